The van der Waals surface area contributed by atoms with Crippen LogP contribution < -0.4 is 4.90 Å². The molecule has 0 spiro atoms. The van der Waals surface area contributed by atoms with Crippen molar-refractivity contribution in [2.24, 2.45) is 0 Å². The average molecular weight is 377 g/mol. The molecule has 1 aliphatic rings. The van der Waals surface area contributed by atoms with Gasteiger partial charge in [-0.3, -0.25) is 0 Å². The smallest absolute Gasteiger partial charge is 0.253 e. The molecule has 0 unspecified atom stereocenters. The Kier molecular flexibility index (Phi) is 4.10. The van der Waals surface area contributed by atoms with Crippen LogP contribution in [0, 0.1) is 6.92 Å². The van der Waals surface area contributed by atoms with Crippen LogP contribution in [0.5, 0.6) is 0 Å². The first-order chi connectivity index (χ1) is 13.3. The highest BCUT2D eigenvalue weighted by atomic mass is 32.1. The van der Waals surface area contributed by atoms with Gasteiger partial charge >= 0.3 is 0 Å². The van der Waals surface area contributed by atoms with Crippen molar-refractivity contribution >= 4 is 27.4 Å². The summed E-state index contributed by atoms with van der Waals surface area (Å²) in [5.41, 5.74) is 4.19. The van der Waals surface area contributed by atoms with Gasteiger partial charge in [0.2, 0.25) is 0 Å². The molecular weight excluding hydrogens is 358 g/mol. The Hall–Kier alpha value is -2.77. The van der Waals surface area contributed by atoms with Crippen molar-refractivity contribution in [2.45, 2.75) is 6.92 Å². The first kappa shape index (κ1) is 16.4. The highest BCUT2D eigenvalue weighted by molar-refractivity contribution is 7.17. The second kappa shape index (κ2) is 6.75. The second-order valence-corrected chi connectivity index (χ2v) is 7.51. The number of rotatable bonds is 3. The van der Waals surface area contributed by atoms with Crippen LogP contribution in [0.3, 0.4) is 0 Å². The van der Waals surface area contributed by atoms with Gasteiger partial charge in [0, 0.05) is 24.8 Å². The molecule has 0 radical (unpaired) electrons. The minimum atomic E-state index is 0.598. The Bertz CT molecular complexity index is 1100. The Labute approximate surface area is 161 Å². The van der Waals surface area contributed by atoms with Gasteiger partial charge in [0.1, 0.15) is 0 Å². The van der Waals surface area contributed by atoms with Crippen molar-refractivity contribution in [1.82, 2.24) is 19.7 Å². The maximum Gasteiger partial charge on any atom is 0.253 e. The van der Waals surface area contributed by atoms with Crippen LogP contribution >= 0.6 is 11.3 Å². The summed E-state index contributed by atoms with van der Waals surface area (Å²) in [6, 6.07) is 12.4. The molecule has 5 rings (SSSR count). The predicted molar refractivity (Wildman–Crippen MR) is 108 cm³/mol. The predicted octanol–water partition coefficient (Wildman–Crippen LogP) is 3.69. The molecule has 27 heavy (non-hydrogen) atoms. The van der Waals surface area contributed by atoms with Crippen molar-refractivity contribution in [2.75, 3.05) is 31.2 Å². The van der Waals surface area contributed by atoms with Gasteiger partial charge in [-0.15, -0.1) is 11.3 Å². The van der Waals surface area contributed by atoms with Crippen molar-refractivity contribution in [1.29, 1.82) is 0 Å². The summed E-state index contributed by atoms with van der Waals surface area (Å²) in [4.78, 5) is 11.9. The third kappa shape index (κ3) is 3.09. The molecule has 1 saturated heterocycles. The molecule has 1 fully saturated rings. The van der Waals surface area contributed by atoms with Crippen LogP contribution in [0.15, 0.2) is 48.0 Å². The number of thiophene rings is 1. The van der Waals surface area contributed by atoms with Gasteiger partial charge in [-0.1, -0.05) is 23.8 Å². The number of ether oxygens (including phenoxy) is 1. The van der Waals surface area contributed by atoms with E-state index in [2.05, 4.69) is 35.4 Å². The molecule has 1 aliphatic heterocycles. The van der Waals surface area contributed by atoms with E-state index in [-0.39, 0.29) is 0 Å². The number of hydrogen-bond donors (Lipinski definition) is 0. The first-order valence-electron chi connectivity index (χ1n) is 8.99. The molecule has 7 heteroatoms. The van der Waals surface area contributed by atoms with E-state index < -0.39 is 0 Å². The summed E-state index contributed by atoms with van der Waals surface area (Å²) < 4.78 is 8.37. The number of anilines is 1. The fraction of sp³-hybridized carbons (Fsp3) is 0.250. The van der Waals surface area contributed by atoms with E-state index in [0.29, 0.717) is 5.95 Å². The van der Waals surface area contributed by atoms with E-state index in [1.165, 1.54) is 5.56 Å². The number of fused-ring (bicyclic) bond motifs is 1. The van der Waals surface area contributed by atoms with E-state index in [1.54, 1.807) is 16.0 Å². The SMILES string of the molecule is Cc1cccc(-c2ccn(-c3nc(N4CCOCC4)c4sccc4n3)n2)c1. The third-order valence-corrected chi connectivity index (χ3v) is 5.59. The van der Waals surface area contributed by atoms with E-state index >= 15 is 0 Å². The zero-order valence-electron chi connectivity index (χ0n) is 15.0. The van der Waals surface area contributed by atoms with Crippen LogP contribution in [0.2, 0.25) is 0 Å². The Morgan fingerprint density at radius 3 is 2.81 bits per heavy atom. The summed E-state index contributed by atoms with van der Waals surface area (Å²) in [6.45, 7) is 5.23. The molecule has 0 atom stereocenters. The van der Waals surface area contributed by atoms with E-state index in [4.69, 9.17) is 19.8 Å². The molecule has 4 aromatic rings. The van der Waals surface area contributed by atoms with Crippen LogP contribution in [-0.2, 0) is 4.74 Å². The summed E-state index contributed by atoms with van der Waals surface area (Å²) in [7, 11) is 0. The molecule has 3 aromatic heterocycles. The van der Waals surface area contributed by atoms with Crippen LogP contribution in [0.1, 0.15) is 5.56 Å². The van der Waals surface area contributed by atoms with Crippen molar-refractivity contribution in [3.63, 3.8) is 0 Å². The lowest BCUT2D eigenvalue weighted by atomic mass is 10.1. The molecule has 0 N–H and O–H groups in total. The van der Waals surface area contributed by atoms with Crippen molar-refractivity contribution < 1.29 is 4.74 Å². The topological polar surface area (TPSA) is 56.1 Å². The van der Waals surface area contributed by atoms with Crippen molar-refractivity contribution in [3.05, 3.63) is 53.5 Å². The summed E-state index contributed by atoms with van der Waals surface area (Å²) >= 11 is 1.68. The molecular formula is C20H19N5OS. The highest BCUT2D eigenvalue weighted by Crippen LogP contribution is 2.30. The van der Waals surface area contributed by atoms with Crippen molar-refractivity contribution in [3.8, 4) is 17.2 Å². The molecule has 0 saturated carbocycles. The molecule has 0 aliphatic carbocycles. The fourth-order valence-electron chi connectivity index (χ4n) is 3.32. The van der Waals surface area contributed by atoms with Gasteiger partial charge in [0.05, 0.1) is 29.1 Å². The largest absolute Gasteiger partial charge is 0.378 e. The maximum absolute atomic E-state index is 5.49. The van der Waals surface area contributed by atoms with E-state index in [9.17, 15) is 0 Å². The van der Waals surface area contributed by atoms with Gasteiger partial charge in [-0.05, 0) is 30.5 Å². The molecule has 1 aromatic carbocycles. The first-order valence-corrected chi connectivity index (χ1v) is 9.87. The minimum Gasteiger partial charge on any atom is -0.378 e. The fourth-order valence-corrected chi connectivity index (χ4v) is 4.17. The number of hydrogen-bond acceptors (Lipinski definition) is 6. The summed E-state index contributed by atoms with van der Waals surface area (Å²) in [5.74, 6) is 1.57. The summed E-state index contributed by atoms with van der Waals surface area (Å²) in [5, 5.41) is 6.78. The number of benzene rings is 1. The third-order valence-electron chi connectivity index (χ3n) is 4.69. The highest BCUT2D eigenvalue weighted by Gasteiger charge is 2.19. The zero-order chi connectivity index (χ0) is 18.2. The summed E-state index contributed by atoms with van der Waals surface area (Å²) in [6.07, 6.45) is 1.92. The minimum absolute atomic E-state index is 0.598. The Morgan fingerprint density at radius 1 is 1.07 bits per heavy atom. The standard InChI is InChI=1S/C20H19N5OS/c1-14-3-2-4-15(13-14)16-5-7-25(23-16)20-21-17-6-12-27-18(17)19(22-20)24-8-10-26-11-9-24/h2-7,12-13H,8-11H2,1H3. The molecule has 6 nitrogen and oxygen atoms in total. The molecule has 0 amide bonds. The average Bonchev–Trinajstić information content (AvgIpc) is 3.37. The van der Waals surface area contributed by atoms with E-state index in [0.717, 1.165) is 53.6 Å². The second-order valence-electron chi connectivity index (χ2n) is 6.60. The number of aryl methyl sites for hydroxylation is 1. The number of aromatic nitrogens is 4. The molecule has 0 bridgehead atoms. The quantitative estimate of drug-likeness (QED) is 0.545. The Balaban J connectivity index is 1.57. The lowest BCUT2D eigenvalue weighted by Gasteiger charge is -2.28. The van der Waals surface area contributed by atoms with Crippen LogP contribution in [-0.4, -0.2) is 46.1 Å². The monoisotopic (exact) mass is 377 g/mol. The van der Waals surface area contributed by atoms with Gasteiger partial charge in [-0.2, -0.15) is 10.1 Å². The van der Waals surface area contributed by atoms with Crippen LogP contribution in [0.25, 0.3) is 27.4 Å². The Morgan fingerprint density at radius 2 is 1.96 bits per heavy atom. The molecule has 4 heterocycles. The lowest BCUT2D eigenvalue weighted by molar-refractivity contribution is 0.122. The van der Waals surface area contributed by atoms with Crippen LogP contribution in [0.4, 0.5) is 5.82 Å². The van der Waals surface area contributed by atoms with Gasteiger partial charge in [-0.25, -0.2) is 9.67 Å². The normalized spacial score (nSPS) is 14.8. The number of nitrogens with zero attached hydrogens (tertiary/aromatic N) is 5. The van der Waals surface area contributed by atoms with Gasteiger partial charge < -0.3 is 9.64 Å². The van der Waals surface area contributed by atoms with E-state index in [1.807, 2.05) is 24.4 Å². The van der Waals surface area contributed by atoms with Gasteiger partial charge in [0.25, 0.3) is 5.95 Å². The van der Waals surface area contributed by atoms with Gasteiger partial charge in [0.15, 0.2) is 5.82 Å². The number of morpholine rings is 1. The molecule has 136 valence electrons. The lowest BCUT2D eigenvalue weighted by Crippen LogP contribution is -2.37. The maximum atomic E-state index is 5.49. The zero-order valence-corrected chi connectivity index (χ0v) is 15.8.